The van der Waals surface area contributed by atoms with Crippen molar-refractivity contribution in [1.29, 1.82) is 0 Å². The largest absolute Gasteiger partial charge is 0.396 e. The number of fused-ring (bicyclic) bond motifs is 5. The predicted molar refractivity (Wildman–Crippen MR) is 95.9 cm³/mol. The van der Waals surface area contributed by atoms with E-state index in [1.807, 2.05) is 0 Å². The third kappa shape index (κ3) is 2.16. The third-order valence-corrected chi connectivity index (χ3v) is 7.36. The molecule has 1 N–H and O–H groups in total. The minimum Gasteiger partial charge on any atom is -0.396 e. The average molecular weight is 310 g/mol. The normalized spacial score (nSPS) is 33.5. The van der Waals surface area contributed by atoms with E-state index in [9.17, 15) is 5.11 Å². The molecule has 0 aromatic heterocycles. The van der Waals surface area contributed by atoms with Gasteiger partial charge in [-0.3, -0.25) is 0 Å². The highest BCUT2D eigenvalue weighted by molar-refractivity contribution is 5.49. The summed E-state index contributed by atoms with van der Waals surface area (Å²) in [5.41, 5.74) is 8.27. The Hall–Kier alpha value is -1.08. The second-order valence-electron chi connectivity index (χ2n) is 8.43. The highest BCUT2D eigenvalue weighted by atomic mass is 16.3. The van der Waals surface area contributed by atoms with E-state index < -0.39 is 0 Å². The highest BCUT2D eigenvalue weighted by Gasteiger charge is 2.49. The monoisotopic (exact) mass is 310 g/mol. The fraction of sp³-hybridized carbons (Fsp3) is 0.636. The molecule has 4 atom stereocenters. The first kappa shape index (κ1) is 15.4. The van der Waals surface area contributed by atoms with Crippen LogP contribution in [0.5, 0.6) is 0 Å². The summed E-state index contributed by atoms with van der Waals surface area (Å²) in [7, 11) is 0. The fourth-order valence-corrected chi connectivity index (χ4v) is 5.91. The van der Waals surface area contributed by atoms with Crippen LogP contribution in [-0.2, 0) is 6.42 Å². The molecule has 1 nitrogen and oxygen atoms in total. The van der Waals surface area contributed by atoms with Crippen LogP contribution < -0.4 is 0 Å². The van der Waals surface area contributed by atoms with Crippen molar-refractivity contribution in [1.82, 2.24) is 0 Å². The highest BCUT2D eigenvalue weighted by Crippen LogP contribution is 2.60. The van der Waals surface area contributed by atoms with Crippen molar-refractivity contribution in [3.63, 3.8) is 0 Å². The lowest BCUT2D eigenvalue weighted by Gasteiger charge is -2.47. The fourth-order valence-electron chi connectivity index (χ4n) is 5.91. The van der Waals surface area contributed by atoms with Crippen LogP contribution in [0, 0.1) is 18.3 Å². The van der Waals surface area contributed by atoms with E-state index in [1.54, 1.807) is 16.7 Å². The number of allylic oxidation sites excluding steroid dienone is 2. The van der Waals surface area contributed by atoms with Gasteiger partial charge in [0.25, 0.3) is 0 Å². The van der Waals surface area contributed by atoms with Crippen LogP contribution in [0.4, 0.5) is 0 Å². The molecule has 1 aromatic carbocycles. The predicted octanol–water partition coefficient (Wildman–Crippen LogP) is 5.26. The first-order valence-electron chi connectivity index (χ1n) is 9.49. The first-order chi connectivity index (χ1) is 11.1. The van der Waals surface area contributed by atoms with Crippen LogP contribution in [0.1, 0.15) is 80.0 Å². The Labute approximate surface area is 140 Å². The Morgan fingerprint density at radius 1 is 1.35 bits per heavy atom. The molecule has 0 spiro atoms. The molecule has 1 fully saturated rings. The molecule has 0 amide bonds. The van der Waals surface area contributed by atoms with E-state index in [0.717, 1.165) is 11.8 Å². The Kier molecular flexibility index (Phi) is 3.68. The molecule has 4 rings (SSSR count). The lowest BCUT2D eigenvalue weighted by atomic mass is 9.57. The minimum atomic E-state index is 0.247. The molecule has 124 valence electrons. The van der Waals surface area contributed by atoms with E-state index in [0.29, 0.717) is 5.41 Å². The molecule has 3 aliphatic carbocycles. The second kappa shape index (κ2) is 5.48. The lowest BCUT2D eigenvalue weighted by Crippen LogP contribution is -2.37. The quantitative estimate of drug-likeness (QED) is 0.739. The number of hydrogen-bond acceptors (Lipinski definition) is 1. The molecule has 0 saturated heterocycles. The summed E-state index contributed by atoms with van der Waals surface area (Å²) in [6, 6.07) is 4.70. The average Bonchev–Trinajstić information content (AvgIpc) is 2.95. The molecule has 1 heteroatoms. The zero-order chi connectivity index (χ0) is 16.2. The molecule has 23 heavy (non-hydrogen) atoms. The van der Waals surface area contributed by atoms with Gasteiger partial charge in [0, 0.05) is 12.5 Å². The maximum atomic E-state index is 9.56. The summed E-state index contributed by atoms with van der Waals surface area (Å²) in [6.07, 6.45) is 10.5. The topological polar surface area (TPSA) is 20.2 Å². The summed E-state index contributed by atoms with van der Waals surface area (Å²) >= 11 is 0. The molecule has 0 aliphatic heterocycles. The smallest absolute Gasteiger partial charge is 0.0497 e. The van der Waals surface area contributed by atoms with Crippen LogP contribution in [0.15, 0.2) is 23.8 Å². The third-order valence-electron chi connectivity index (χ3n) is 7.36. The standard InChI is InChI=1S/C22H30O/c1-14(13-23)17-9-10-18-19-8-7-16-6-4-5-11-22(16,3)21(19)12-20(18)15(17)2/h6,9-10,14,19,21,23H,4-5,7-8,11-13H2,1-3H3/t14-,19?,21?,22+/m1/s1. The van der Waals surface area contributed by atoms with Gasteiger partial charge in [0.1, 0.15) is 0 Å². The van der Waals surface area contributed by atoms with E-state index in [-0.39, 0.29) is 12.5 Å². The van der Waals surface area contributed by atoms with Gasteiger partial charge in [-0.2, -0.15) is 0 Å². The first-order valence-corrected chi connectivity index (χ1v) is 9.49. The van der Waals surface area contributed by atoms with E-state index >= 15 is 0 Å². The van der Waals surface area contributed by atoms with Crippen molar-refractivity contribution in [3.8, 4) is 0 Å². The number of hydrogen-bond donors (Lipinski definition) is 1. The molecule has 0 heterocycles. The van der Waals surface area contributed by atoms with Gasteiger partial charge in [0.15, 0.2) is 0 Å². The molecule has 2 unspecified atom stereocenters. The van der Waals surface area contributed by atoms with E-state index in [4.69, 9.17) is 0 Å². The van der Waals surface area contributed by atoms with Crippen LogP contribution >= 0.6 is 0 Å². The van der Waals surface area contributed by atoms with Crippen molar-refractivity contribution in [2.45, 2.75) is 71.1 Å². The number of aliphatic hydroxyl groups is 1. The van der Waals surface area contributed by atoms with E-state index in [1.165, 1.54) is 49.7 Å². The summed E-state index contributed by atoms with van der Waals surface area (Å²) in [6.45, 7) is 7.22. The Bertz CT molecular complexity index is 656. The zero-order valence-electron chi connectivity index (χ0n) is 14.9. The van der Waals surface area contributed by atoms with Gasteiger partial charge in [-0.05, 0) is 85.0 Å². The summed E-state index contributed by atoms with van der Waals surface area (Å²) in [5, 5.41) is 9.56. The number of benzene rings is 1. The van der Waals surface area contributed by atoms with E-state index in [2.05, 4.69) is 39.0 Å². The van der Waals surface area contributed by atoms with Crippen LogP contribution in [0.25, 0.3) is 0 Å². The molecular weight excluding hydrogens is 280 g/mol. The van der Waals surface area contributed by atoms with Gasteiger partial charge >= 0.3 is 0 Å². The molecule has 0 radical (unpaired) electrons. The van der Waals surface area contributed by atoms with Crippen LogP contribution in [0.3, 0.4) is 0 Å². The molecular formula is C22H30O. The maximum Gasteiger partial charge on any atom is 0.0497 e. The maximum absolute atomic E-state index is 9.56. The van der Waals surface area contributed by atoms with Crippen molar-refractivity contribution < 1.29 is 5.11 Å². The SMILES string of the molecule is Cc1c([C@H](C)CO)ccc2c1CC1C2CCC2=CCCC[C@@]21C. The minimum absolute atomic E-state index is 0.247. The van der Waals surface area contributed by atoms with Gasteiger partial charge in [-0.15, -0.1) is 0 Å². The van der Waals surface area contributed by atoms with Gasteiger partial charge in [-0.1, -0.05) is 37.6 Å². The second-order valence-corrected chi connectivity index (χ2v) is 8.43. The van der Waals surface area contributed by atoms with Crippen molar-refractivity contribution >= 4 is 0 Å². The number of rotatable bonds is 2. The zero-order valence-corrected chi connectivity index (χ0v) is 14.9. The molecule has 3 aliphatic rings. The summed E-state index contributed by atoms with van der Waals surface area (Å²) in [5.74, 6) is 1.82. The van der Waals surface area contributed by atoms with Gasteiger partial charge in [0.2, 0.25) is 0 Å². The van der Waals surface area contributed by atoms with Gasteiger partial charge < -0.3 is 5.11 Å². The summed E-state index contributed by atoms with van der Waals surface area (Å²) in [4.78, 5) is 0. The van der Waals surface area contributed by atoms with Gasteiger partial charge in [0.05, 0.1) is 0 Å². The summed E-state index contributed by atoms with van der Waals surface area (Å²) < 4.78 is 0. The molecule has 0 bridgehead atoms. The van der Waals surface area contributed by atoms with Gasteiger partial charge in [-0.25, -0.2) is 0 Å². The van der Waals surface area contributed by atoms with Crippen molar-refractivity contribution in [2.24, 2.45) is 11.3 Å². The molecule has 1 aromatic rings. The number of aliphatic hydroxyl groups excluding tert-OH is 1. The Morgan fingerprint density at radius 2 is 2.17 bits per heavy atom. The Balaban J connectivity index is 1.76. The van der Waals surface area contributed by atoms with Crippen LogP contribution in [-0.4, -0.2) is 11.7 Å². The Morgan fingerprint density at radius 3 is 2.96 bits per heavy atom. The van der Waals surface area contributed by atoms with Crippen LogP contribution in [0.2, 0.25) is 0 Å². The van der Waals surface area contributed by atoms with Crippen molar-refractivity contribution in [3.05, 3.63) is 46.0 Å². The molecule has 1 saturated carbocycles. The van der Waals surface area contributed by atoms with Crippen molar-refractivity contribution in [2.75, 3.05) is 6.61 Å². The lowest BCUT2D eigenvalue weighted by molar-refractivity contribution is 0.145.